The molecule has 0 aliphatic carbocycles. The highest BCUT2D eigenvalue weighted by Crippen LogP contribution is 2.35. The third-order valence-corrected chi connectivity index (χ3v) is 4.97. The van der Waals surface area contributed by atoms with E-state index < -0.39 is 0 Å². The predicted molar refractivity (Wildman–Crippen MR) is 81.9 cm³/mol. The van der Waals surface area contributed by atoms with E-state index in [-0.39, 0.29) is 5.91 Å². The predicted octanol–water partition coefficient (Wildman–Crippen LogP) is 2.57. The van der Waals surface area contributed by atoms with Gasteiger partial charge in [0, 0.05) is 7.05 Å². The highest BCUT2D eigenvalue weighted by molar-refractivity contribution is 7.18. The number of benzene rings is 1. The van der Waals surface area contributed by atoms with E-state index in [4.69, 9.17) is 4.98 Å². The van der Waals surface area contributed by atoms with Crippen LogP contribution in [0.1, 0.15) is 30.3 Å². The third-order valence-electron chi connectivity index (χ3n) is 3.83. The lowest BCUT2D eigenvalue weighted by Gasteiger charge is -2.33. The molecule has 1 aliphatic heterocycles. The smallest absolute Gasteiger partial charge is 0.233 e. The van der Waals surface area contributed by atoms with Gasteiger partial charge in [0.25, 0.3) is 0 Å². The quantitative estimate of drug-likeness (QED) is 0.944. The zero-order valence-electron chi connectivity index (χ0n) is 11.6. The summed E-state index contributed by atoms with van der Waals surface area (Å²) >= 11 is 1.76. The van der Waals surface area contributed by atoms with Crippen LogP contribution < -0.4 is 5.32 Å². The summed E-state index contributed by atoms with van der Waals surface area (Å²) in [6.07, 6.45) is 3.47. The maximum absolute atomic E-state index is 11.7. The van der Waals surface area contributed by atoms with E-state index in [2.05, 4.69) is 22.3 Å². The van der Waals surface area contributed by atoms with Crippen LogP contribution in [0.15, 0.2) is 24.3 Å². The van der Waals surface area contributed by atoms with E-state index in [1.165, 1.54) is 17.5 Å². The van der Waals surface area contributed by atoms with Gasteiger partial charge in [-0.3, -0.25) is 9.69 Å². The number of carbonyl (C=O) groups excluding carboxylic acids is 1. The first-order chi connectivity index (χ1) is 9.78. The van der Waals surface area contributed by atoms with E-state index in [9.17, 15) is 4.79 Å². The molecule has 2 aromatic rings. The van der Waals surface area contributed by atoms with Gasteiger partial charge in [0.15, 0.2) is 0 Å². The molecule has 1 aromatic carbocycles. The van der Waals surface area contributed by atoms with Gasteiger partial charge in [-0.2, -0.15) is 0 Å². The van der Waals surface area contributed by atoms with Crippen LogP contribution in [0.2, 0.25) is 0 Å². The second-order valence-corrected chi connectivity index (χ2v) is 6.24. The normalized spacial score (nSPS) is 20.1. The molecule has 1 unspecified atom stereocenters. The van der Waals surface area contributed by atoms with Crippen LogP contribution in [0.4, 0.5) is 0 Å². The summed E-state index contributed by atoms with van der Waals surface area (Å²) in [4.78, 5) is 18.7. The number of nitrogens with zero attached hydrogens (tertiary/aromatic N) is 2. The number of rotatable bonds is 3. The van der Waals surface area contributed by atoms with Gasteiger partial charge in [-0.05, 0) is 31.5 Å². The maximum atomic E-state index is 11.7. The van der Waals surface area contributed by atoms with Crippen molar-refractivity contribution in [2.24, 2.45) is 0 Å². The average Bonchev–Trinajstić information content (AvgIpc) is 2.91. The molecule has 1 N–H and O–H groups in total. The molecule has 1 aliphatic rings. The maximum Gasteiger partial charge on any atom is 0.233 e. The van der Waals surface area contributed by atoms with Gasteiger partial charge >= 0.3 is 0 Å². The van der Waals surface area contributed by atoms with Crippen molar-refractivity contribution in [2.45, 2.75) is 25.3 Å². The number of thiazole rings is 1. The molecule has 3 rings (SSSR count). The van der Waals surface area contributed by atoms with Crippen molar-refractivity contribution in [2.75, 3.05) is 20.1 Å². The summed E-state index contributed by atoms with van der Waals surface area (Å²) < 4.78 is 1.23. The summed E-state index contributed by atoms with van der Waals surface area (Å²) in [5.41, 5.74) is 1.07. The number of carbonyl (C=O) groups is 1. The molecule has 1 aromatic heterocycles. The number of nitrogens with one attached hydrogen (secondary N) is 1. The SMILES string of the molecule is CNC(=O)CN1CCCCC1c1nc2ccccc2s1. The molecule has 20 heavy (non-hydrogen) atoms. The molecule has 0 bridgehead atoms. The molecule has 1 atom stereocenters. The Kier molecular flexibility index (Phi) is 3.98. The zero-order valence-corrected chi connectivity index (χ0v) is 12.4. The molecule has 0 spiro atoms. The molecule has 0 radical (unpaired) electrons. The highest BCUT2D eigenvalue weighted by atomic mass is 32.1. The molecular weight excluding hydrogens is 270 g/mol. The summed E-state index contributed by atoms with van der Waals surface area (Å²) in [6.45, 7) is 1.45. The van der Waals surface area contributed by atoms with Gasteiger partial charge in [-0.1, -0.05) is 18.6 Å². The Morgan fingerprint density at radius 2 is 2.30 bits per heavy atom. The molecule has 0 saturated carbocycles. The number of piperidine rings is 1. The monoisotopic (exact) mass is 289 g/mol. The van der Waals surface area contributed by atoms with E-state index in [0.717, 1.165) is 23.5 Å². The summed E-state index contributed by atoms with van der Waals surface area (Å²) in [5.74, 6) is 0.0815. The fourth-order valence-electron chi connectivity index (χ4n) is 2.76. The first-order valence-electron chi connectivity index (χ1n) is 7.08. The Hall–Kier alpha value is -1.46. The van der Waals surface area contributed by atoms with Gasteiger partial charge < -0.3 is 5.32 Å². The van der Waals surface area contributed by atoms with Crippen LogP contribution in [0.25, 0.3) is 10.2 Å². The van der Waals surface area contributed by atoms with Crippen molar-refractivity contribution in [1.82, 2.24) is 15.2 Å². The molecule has 106 valence electrons. The number of hydrogen-bond donors (Lipinski definition) is 1. The van der Waals surface area contributed by atoms with Crippen molar-refractivity contribution >= 4 is 27.5 Å². The summed E-state index contributed by atoms with van der Waals surface area (Å²) in [6, 6.07) is 8.53. The van der Waals surface area contributed by atoms with E-state index in [0.29, 0.717) is 12.6 Å². The Labute approximate surface area is 122 Å². The van der Waals surface area contributed by atoms with Crippen LogP contribution >= 0.6 is 11.3 Å². The number of hydrogen-bond acceptors (Lipinski definition) is 4. The molecule has 1 fully saturated rings. The molecule has 1 saturated heterocycles. The van der Waals surface area contributed by atoms with Crippen LogP contribution in [-0.4, -0.2) is 35.9 Å². The Morgan fingerprint density at radius 1 is 1.45 bits per heavy atom. The first kappa shape index (κ1) is 13.5. The topological polar surface area (TPSA) is 45.2 Å². The van der Waals surface area contributed by atoms with Gasteiger partial charge in [-0.15, -0.1) is 11.3 Å². The molecular formula is C15H19N3OS. The van der Waals surface area contributed by atoms with Crippen LogP contribution in [0.5, 0.6) is 0 Å². The van der Waals surface area contributed by atoms with E-state index in [1.807, 2.05) is 12.1 Å². The first-order valence-corrected chi connectivity index (χ1v) is 7.89. The van der Waals surface area contributed by atoms with E-state index >= 15 is 0 Å². The fourth-order valence-corrected chi connectivity index (χ4v) is 3.89. The number of likely N-dealkylation sites (N-methyl/N-ethyl adjacent to an activating group) is 1. The second-order valence-electron chi connectivity index (χ2n) is 5.18. The molecule has 4 nitrogen and oxygen atoms in total. The van der Waals surface area contributed by atoms with Gasteiger partial charge in [0.05, 0.1) is 22.8 Å². The Bertz CT molecular complexity index is 577. The molecule has 5 heteroatoms. The largest absolute Gasteiger partial charge is 0.358 e. The summed E-state index contributed by atoms with van der Waals surface area (Å²) in [7, 11) is 1.69. The minimum absolute atomic E-state index is 0.0815. The third kappa shape index (κ3) is 2.69. The number of likely N-dealkylation sites (tertiary alicyclic amines) is 1. The van der Waals surface area contributed by atoms with Crippen LogP contribution in [0.3, 0.4) is 0 Å². The Balaban J connectivity index is 1.86. The summed E-state index contributed by atoms with van der Waals surface area (Å²) in [5, 5.41) is 3.86. The van der Waals surface area contributed by atoms with Crippen LogP contribution in [0, 0.1) is 0 Å². The molecule has 1 amide bonds. The highest BCUT2D eigenvalue weighted by Gasteiger charge is 2.27. The van der Waals surface area contributed by atoms with Crippen LogP contribution in [-0.2, 0) is 4.79 Å². The van der Waals surface area contributed by atoms with Crippen molar-refractivity contribution in [3.8, 4) is 0 Å². The molecule has 2 heterocycles. The number of aromatic nitrogens is 1. The van der Waals surface area contributed by atoms with Gasteiger partial charge in [-0.25, -0.2) is 4.98 Å². The lowest BCUT2D eigenvalue weighted by molar-refractivity contribution is -0.122. The fraction of sp³-hybridized carbons (Fsp3) is 0.467. The second kappa shape index (κ2) is 5.89. The number of fused-ring (bicyclic) bond motifs is 1. The average molecular weight is 289 g/mol. The standard InChI is InChI=1S/C15H19N3OS/c1-16-14(19)10-18-9-5-4-7-12(18)15-17-11-6-2-3-8-13(11)20-15/h2-3,6,8,12H,4-5,7,9-10H2,1H3,(H,16,19). The van der Waals surface area contributed by atoms with Crippen molar-refractivity contribution in [3.63, 3.8) is 0 Å². The minimum Gasteiger partial charge on any atom is -0.358 e. The Morgan fingerprint density at radius 3 is 3.10 bits per heavy atom. The number of para-hydroxylation sites is 1. The number of amides is 1. The lowest BCUT2D eigenvalue weighted by atomic mass is 10.0. The minimum atomic E-state index is 0.0815. The van der Waals surface area contributed by atoms with E-state index in [1.54, 1.807) is 18.4 Å². The van der Waals surface area contributed by atoms with Crippen molar-refractivity contribution in [1.29, 1.82) is 0 Å². The zero-order chi connectivity index (χ0) is 13.9. The van der Waals surface area contributed by atoms with Gasteiger partial charge in [0.1, 0.15) is 5.01 Å². The van der Waals surface area contributed by atoms with Crippen molar-refractivity contribution in [3.05, 3.63) is 29.3 Å². The lowest BCUT2D eigenvalue weighted by Crippen LogP contribution is -2.40. The van der Waals surface area contributed by atoms with Gasteiger partial charge in [0.2, 0.25) is 5.91 Å². The van der Waals surface area contributed by atoms with Crippen molar-refractivity contribution < 1.29 is 4.79 Å².